The summed E-state index contributed by atoms with van der Waals surface area (Å²) in [7, 11) is 0. The Kier molecular flexibility index (Phi) is 4.14. The second kappa shape index (κ2) is 4.06. The van der Waals surface area contributed by atoms with Gasteiger partial charge in [-0.05, 0) is 0 Å². The Morgan fingerprint density at radius 2 is 2.25 bits per heavy atom. The molecule has 0 spiro atoms. The zero-order valence-corrected chi connectivity index (χ0v) is 5.59. The normalized spacial score (nSPS) is 15.9. The first-order valence-corrected chi connectivity index (χ1v) is 2.73. The van der Waals surface area contributed by atoms with Crippen LogP contribution in [0, 0.1) is 0 Å². The minimum Gasteiger partial charge on any atom is -1.00 e. The van der Waals surface area contributed by atoms with Crippen molar-refractivity contribution in [3.05, 3.63) is 24.2 Å². The van der Waals surface area contributed by atoms with Crippen LogP contribution in [-0.2, 0) is 0 Å². The van der Waals surface area contributed by atoms with Gasteiger partial charge in [-0.1, -0.05) is 31.4 Å². The standard InChI is InChI=1S/C6H9B.Li.H/c1-7-5-3-2-4-6-7;;/h2-5H,6H2,1H3;;/q;+1;-1. The molecule has 38 valence electrons. The fraction of sp³-hybridized carbons (Fsp3) is 0.333. The van der Waals surface area contributed by atoms with Crippen LogP contribution in [0.4, 0.5) is 0 Å². The summed E-state index contributed by atoms with van der Waals surface area (Å²) in [5, 5.41) is 0. The molecule has 1 rings (SSSR count). The van der Waals surface area contributed by atoms with Gasteiger partial charge in [-0.25, -0.2) is 0 Å². The van der Waals surface area contributed by atoms with E-state index in [9.17, 15) is 0 Å². The van der Waals surface area contributed by atoms with Crippen molar-refractivity contribution in [2.45, 2.75) is 13.1 Å². The van der Waals surface area contributed by atoms with Crippen LogP contribution in [0.15, 0.2) is 24.2 Å². The Hall–Kier alpha value is 0.142. The van der Waals surface area contributed by atoms with Gasteiger partial charge in [-0.15, -0.1) is 5.98 Å². The monoisotopic (exact) mass is 100 g/mol. The maximum absolute atomic E-state index is 2.22. The van der Waals surface area contributed by atoms with Crippen molar-refractivity contribution in [2.24, 2.45) is 0 Å². The minimum absolute atomic E-state index is 0. The quantitative estimate of drug-likeness (QED) is 0.338. The van der Waals surface area contributed by atoms with Crippen molar-refractivity contribution in [2.75, 3.05) is 0 Å². The molecule has 0 aromatic heterocycles. The molecule has 0 saturated heterocycles. The first-order valence-electron chi connectivity index (χ1n) is 2.73. The van der Waals surface area contributed by atoms with Crippen molar-refractivity contribution in [3.63, 3.8) is 0 Å². The van der Waals surface area contributed by atoms with E-state index in [2.05, 4.69) is 31.0 Å². The Balaban J connectivity index is 0. The molecule has 8 heavy (non-hydrogen) atoms. The Labute approximate surface area is 64.8 Å². The molecule has 2 heteroatoms. The van der Waals surface area contributed by atoms with E-state index >= 15 is 0 Å². The second-order valence-corrected chi connectivity index (χ2v) is 2.03. The molecule has 0 amide bonds. The Morgan fingerprint density at radius 1 is 1.50 bits per heavy atom. The van der Waals surface area contributed by atoms with E-state index in [1.54, 1.807) is 0 Å². The SMILES string of the molecule is CB1C=CC=CC1.[H-].[Li+]. The van der Waals surface area contributed by atoms with Gasteiger partial charge in [-0.3, -0.25) is 0 Å². The number of hydrogen-bond donors (Lipinski definition) is 0. The molecule has 0 unspecified atom stereocenters. The smallest absolute Gasteiger partial charge is 1.00 e. The zero-order valence-electron chi connectivity index (χ0n) is 6.59. The van der Waals surface area contributed by atoms with E-state index in [-0.39, 0.29) is 20.3 Å². The molecule has 1 heterocycles. The number of rotatable bonds is 0. The molecule has 0 atom stereocenters. The van der Waals surface area contributed by atoms with Gasteiger partial charge >= 0.3 is 18.9 Å². The van der Waals surface area contributed by atoms with Crippen LogP contribution in [0.25, 0.3) is 0 Å². The summed E-state index contributed by atoms with van der Waals surface area (Å²) >= 11 is 0. The van der Waals surface area contributed by atoms with Crippen molar-refractivity contribution in [3.8, 4) is 0 Å². The van der Waals surface area contributed by atoms with Crippen molar-refractivity contribution < 1.29 is 20.3 Å². The van der Waals surface area contributed by atoms with Gasteiger partial charge < -0.3 is 1.43 Å². The van der Waals surface area contributed by atoms with Gasteiger partial charge in [0, 0.05) is 0 Å². The molecule has 0 aliphatic carbocycles. The Morgan fingerprint density at radius 3 is 2.50 bits per heavy atom. The van der Waals surface area contributed by atoms with Crippen LogP contribution in [0.2, 0.25) is 13.1 Å². The van der Waals surface area contributed by atoms with Crippen molar-refractivity contribution >= 4 is 6.71 Å². The predicted octanol–water partition coefficient (Wildman–Crippen LogP) is -1.11. The molecule has 0 saturated carbocycles. The fourth-order valence-electron chi connectivity index (χ4n) is 0.704. The van der Waals surface area contributed by atoms with Crippen LogP contribution in [0.3, 0.4) is 0 Å². The van der Waals surface area contributed by atoms with Crippen LogP contribution in [0.5, 0.6) is 0 Å². The molecule has 0 fully saturated rings. The minimum atomic E-state index is 0. The summed E-state index contributed by atoms with van der Waals surface area (Å²) in [6.07, 6.45) is 7.62. The molecule has 1 aliphatic rings. The van der Waals surface area contributed by atoms with E-state index in [4.69, 9.17) is 0 Å². The topological polar surface area (TPSA) is 0 Å². The van der Waals surface area contributed by atoms with Gasteiger partial charge in [0.05, 0.1) is 0 Å². The van der Waals surface area contributed by atoms with Crippen LogP contribution in [0.1, 0.15) is 1.43 Å². The van der Waals surface area contributed by atoms with E-state index in [0.29, 0.717) is 0 Å². The maximum Gasteiger partial charge on any atom is 1.00 e. The average Bonchev–Trinajstić information content (AvgIpc) is 1.69. The maximum atomic E-state index is 2.22. The first-order chi connectivity index (χ1) is 3.39. The zero-order chi connectivity index (χ0) is 5.11. The van der Waals surface area contributed by atoms with Crippen LogP contribution < -0.4 is 18.9 Å². The fourth-order valence-corrected chi connectivity index (χ4v) is 0.704. The van der Waals surface area contributed by atoms with Crippen LogP contribution in [-0.4, -0.2) is 6.71 Å². The average molecular weight is 99.9 g/mol. The van der Waals surface area contributed by atoms with E-state index in [1.807, 2.05) is 0 Å². The number of allylic oxidation sites excluding steroid dienone is 3. The van der Waals surface area contributed by atoms with Crippen LogP contribution >= 0.6 is 0 Å². The summed E-state index contributed by atoms with van der Waals surface area (Å²) < 4.78 is 0. The third-order valence-electron chi connectivity index (χ3n) is 1.19. The predicted molar refractivity (Wildman–Crippen MR) is 35.8 cm³/mol. The second-order valence-electron chi connectivity index (χ2n) is 2.03. The van der Waals surface area contributed by atoms with Gasteiger partial charge in [0.2, 0.25) is 0 Å². The summed E-state index contributed by atoms with van der Waals surface area (Å²) in [5.41, 5.74) is 0. The molecular formula is C6H10BLi. The van der Waals surface area contributed by atoms with Gasteiger partial charge in [0.1, 0.15) is 0 Å². The molecule has 0 radical (unpaired) electrons. The summed E-state index contributed by atoms with van der Waals surface area (Å²) in [5.74, 6) is 2.22. The van der Waals surface area contributed by atoms with Crippen molar-refractivity contribution in [1.29, 1.82) is 0 Å². The van der Waals surface area contributed by atoms with Crippen molar-refractivity contribution in [1.82, 2.24) is 0 Å². The third-order valence-corrected chi connectivity index (χ3v) is 1.19. The molecule has 1 aliphatic heterocycles. The molecule has 0 bridgehead atoms. The van der Waals surface area contributed by atoms with Gasteiger partial charge in [-0.2, -0.15) is 0 Å². The van der Waals surface area contributed by atoms with E-state index in [0.717, 1.165) is 6.71 Å². The third kappa shape index (κ3) is 2.45. The molecule has 0 aromatic rings. The first kappa shape index (κ1) is 8.14. The summed E-state index contributed by atoms with van der Waals surface area (Å²) in [6, 6.07) is 0. The van der Waals surface area contributed by atoms with Gasteiger partial charge in [0.25, 0.3) is 0 Å². The summed E-state index contributed by atoms with van der Waals surface area (Å²) in [4.78, 5) is 0. The van der Waals surface area contributed by atoms with E-state index < -0.39 is 0 Å². The molecule has 0 nitrogen and oxygen atoms in total. The molecular weight excluding hydrogens is 89.8 g/mol. The molecule has 0 N–H and O–H groups in total. The molecule has 0 aromatic carbocycles. The Bertz CT molecular complexity index is 112. The largest absolute Gasteiger partial charge is 1.00 e. The van der Waals surface area contributed by atoms with Gasteiger partial charge in [0.15, 0.2) is 6.71 Å². The summed E-state index contributed by atoms with van der Waals surface area (Å²) in [6.45, 7) is 2.99. The van der Waals surface area contributed by atoms with E-state index in [1.165, 1.54) is 6.32 Å². The number of hydrogen-bond acceptors (Lipinski definition) is 0.